The van der Waals surface area contributed by atoms with Gasteiger partial charge in [0.2, 0.25) is 0 Å². The quantitative estimate of drug-likeness (QED) is 0.860. The normalized spacial score (nSPS) is 15.0. The van der Waals surface area contributed by atoms with Gasteiger partial charge in [-0.15, -0.1) is 0 Å². The molecule has 2 nitrogen and oxygen atoms in total. The van der Waals surface area contributed by atoms with Crippen LogP contribution in [0.1, 0.15) is 18.9 Å². The largest absolute Gasteiger partial charge is 0.392 e. The number of benzene rings is 1. The molecule has 0 aliphatic rings. The first kappa shape index (κ1) is 12.8. The highest BCUT2D eigenvalue weighted by molar-refractivity contribution is 6.34. The molecule has 0 heterocycles. The molecule has 0 saturated carbocycles. The van der Waals surface area contributed by atoms with E-state index in [9.17, 15) is 5.11 Å². The Labute approximate surface area is 100.0 Å². The molecule has 0 aliphatic heterocycles. The molecule has 3 N–H and O–H groups in total. The number of hydrogen-bond acceptors (Lipinski definition) is 2. The van der Waals surface area contributed by atoms with Crippen LogP contribution in [-0.2, 0) is 6.42 Å². The molecule has 1 aromatic carbocycles. The first-order chi connectivity index (χ1) is 6.99. The zero-order valence-electron chi connectivity index (χ0n) is 8.58. The number of hydrogen-bond donors (Lipinski definition) is 2. The Morgan fingerprint density at radius 1 is 1.27 bits per heavy atom. The van der Waals surface area contributed by atoms with Gasteiger partial charge in [0.15, 0.2) is 0 Å². The van der Waals surface area contributed by atoms with Gasteiger partial charge in [-0.1, -0.05) is 23.2 Å². The summed E-state index contributed by atoms with van der Waals surface area (Å²) < 4.78 is 0. The Morgan fingerprint density at radius 2 is 1.80 bits per heavy atom. The molecular weight excluding hydrogens is 233 g/mol. The van der Waals surface area contributed by atoms with Crippen LogP contribution in [0.3, 0.4) is 0 Å². The third-order valence-electron chi connectivity index (χ3n) is 2.26. The van der Waals surface area contributed by atoms with Crippen molar-refractivity contribution in [3.8, 4) is 0 Å². The summed E-state index contributed by atoms with van der Waals surface area (Å²) in [6.07, 6.45) is 0.861. The standard InChI is InChI=1S/C11H15Cl2NO/c1-7(14)11(15)3-2-8-4-9(12)6-10(13)5-8/h4-7,11,15H,2-3,14H2,1H3. The van der Waals surface area contributed by atoms with Gasteiger partial charge < -0.3 is 10.8 Å². The maximum Gasteiger partial charge on any atom is 0.0691 e. The van der Waals surface area contributed by atoms with Crippen molar-refractivity contribution in [3.05, 3.63) is 33.8 Å². The zero-order valence-corrected chi connectivity index (χ0v) is 10.1. The Morgan fingerprint density at radius 3 is 2.27 bits per heavy atom. The number of rotatable bonds is 4. The van der Waals surface area contributed by atoms with Crippen molar-refractivity contribution in [2.45, 2.75) is 31.9 Å². The molecule has 0 aliphatic carbocycles. The fraction of sp³-hybridized carbons (Fsp3) is 0.455. The molecule has 2 unspecified atom stereocenters. The summed E-state index contributed by atoms with van der Waals surface area (Å²) in [6, 6.07) is 5.18. The Hall–Kier alpha value is -0.280. The van der Waals surface area contributed by atoms with Crippen LogP contribution in [0.15, 0.2) is 18.2 Å². The van der Waals surface area contributed by atoms with Gasteiger partial charge in [0, 0.05) is 16.1 Å². The summed E-state index contributed by atoms with van der Waals surface area (Å²) in [6.45, 7) is 1.79. The molecule has 15 heavy (non-hydrogen) atoms. The van der Waals surface area contributed by atoms with Crippen molar-refractivity contribution < 1.29 is 5.11 Å². The lowest BCUT2D eigenvalue weighted by Gasteiger charge is -2.14. The molecule has 0 saturated heterocycles. The van der Waals surface area contributed by atoms with E-state index in [1.165, 1.54) is 0 Å². The fourth-order valence-electron chi connectivity index (χ4n) is 1.33. The number of aryl methyl sites for hydroxylation is 1. The molecule has 84 valence electrons. The second-order valence-corrected chi connectivity index (χ2v) is 4.62. The summed E-state index contributed by atoms with van der Waals surface area (Å²) in [7, 11) is 0. The van der Waals surface area contributed by atoms with E-state index < -0.39 is 6.10 Å². The van der Waals surface area contributed by atoms with E-state index in [0.717, 1.165) is 12.0 Å². The van der Waals surface area contributed by atoms with Crippen molar-refractivity contribution in [2.24, 2.45) is 5.73 Å². The van der Waals surface area contributed by atoms with Crippen molar-refractivity contribution in [3.63, 3.8) is 0 Å². The van der Waals surface area contributed by atoms with E-state index in [1.807, 2.05) is 12.1 Å². The van der Waals surface area contributed by atoms with Crippen LogP contribution in [0.5, 0.6) is 0 Å². The summed E-state index contributed by atoms with van der Waals surface area (Å²) in [4.78, 5) is 0. The van der Waals surface area contributed by atoms with E-state index in [0.29, 0.717) is 16.5 Å². The van der Waals surface area contributed by atoms with Crippen LogP contribution >= 0.6 is 23.2 Å². The van der Waals surface area contributed by atoms with E-state index in [-0.39, 0.29) is 6.04 Å². The van der Waals surface area contributed by atoms with Gasteiger partial charge in [-0.05, 0) is 43.5 Å². The van der Waals surface area contributed by atoms with Gasteiger partial charge in [0.1, 0.15) is 0 Å². The molecule has 0 bridgehead atoms. The van der Waals surface area contributed by atoms with Crippen LogP contribution in [0.2, 0.25) is 10.0 Å². The fourth-order valence-corrected chi connectivity index (χ4v) is 1.90. The molecule has 0 fully saturated rings. The van der Waals surface area contributed by atoms with Gasteiger partial charge in [-0.25, -0.2) is 0 Å². The summed E-state index contributed by atoms with van der Waals surface area (Å²) in [5.74, 6) is 0. The average Bonchev–Trinajstić information content (AvgIpc) is 2.12. The lowest BCUT2D eigenvalue weighted by molar-refractivity contribution is 0.141. The summed E-state index contributed by atoms with van der Waals surface area (Å²) in [5, 5.41) is 10.8. The molecule has 1 aromatic rings. The van der Waals surface area contributed by atoms with Gasteiger partial charge in [0.25, 0.3) is 0 Å². The topological polar surface area (TPSA) is 46.2 Å². The smallest absolute Gasteiger partial charge is 0.0691 e. The average molecular weight is 248 g/mol. The van der Waals surface area contributed by atoms with Crippen LogP contribution in [0, 0.1) is 0 Å². The van der Waals surface area contributed by atoms with Crippen molar-refractivity contribution in [2.75, 3.05) is 0 Å². The highest BCUT2D eigenvalue weighted by Gasteiger charge is 2.09. The Balaban J connectivity index is 2.57. The SMILES string of the molecule is CC(N)C(O)CCc1cc(Cl)cc(Cl)c1. The van der Waals surface area contributed by atoms with Gasteiger partial charge >= 0.3 is 0 Å². The highest BCUT2D eigenvalue weighted by Crippen LogP contribution is 2.20. The first-order valence-electron chi connectivity index (χ1n) is 4.87. The molecule has 0 amide bonds. The lowest BCUT2D eigenvalue weighted by Crippen LogP contribution is -2.31. The third-order valence-corrected chi connectivity index (χ3v) is 2.69. The van der Waals surface area contributed by atoms with Gasteiger partial charge in [-0.2, -0.15) is 0 Å². The number of halogens is 2. The summed E-state index contributed by atoms with van der Waals surface area (Å²) >= 11 is 11.7. The van der Waals surface area contributed by atoms with Crippen LogP contribution in [0.4, 0.5) is 0 Å². The van der Waals surface area contributed by atoms with Crippen molar-refractivity contribution in [1.29, 1.82) is 0 Å². The number of aliphatic hydroxyl groups is 1. The minimum Gasteiger partial charge on any atom is -0.392 e. The summed E-state index contributed by atoms with van der Waals surface area (Å²) in [5.41, 5.74) is 6.58. The van der Waals surface area contributed by atoms with E-state index in [4.69, 9.17) is 28.9 Å². The zero-order chi connectivity index (χ0) is 11.4. The Bertz CT molecular complexity index is 308. The van der Waals surface area contributed by atoms with E-state index >= 15 is 0 Å². The number of nitrogens with two attached hydrogens (primary N) is 1. The molecule has 0 spiro atoms. The molecule has 2 atom stereocenters. The Kier molecular flexibility index (Phi) is 4.87. The van der Waals surface area contributed by atoms with Crippen LogP contribution < -0.4 is 5.73 Å². The van der Waals surface area contributed by atoms with Crippen LogP contribution in [-0.4, -0.2) is 17.3 Å². The predicted octanol–water partition coefficient (Wildman–Crippen LogP) is 2.63. The van der Waals surface area contributed by atoms with Gasteiger partial charge in [0.05, 0.1) is 6.10 Å². The molecule has 0 aromatic heterocycles. The number of aliphatic hydroxyl groups excluding tert-OH is 1. The molecular formula is C11H15Cl2NO. The second kappa shape index (κ2) is 5.71. The minimum atomic E-state index is -0.484. The van der Waals surface area contributed by atoms with Crippen LogP contribution in [0.25, 0.3) is 0 Å². The molecule has 0 radical (unpaired) electrons. The minimum absolute atomic E-state index is 0.209. The molecule has 4 heteroatoms. The van der Waals surface area contributed by atoms with Crippen molar-refractivity contribution in [1.82, 2.24) is 0 Å². The second-order valence-electron chi connectivity index (χ2n) is 3.74. The molecule has 1 rings (SSSR count). The predicted molar refractivity (Wildman–Crippen MR) is 64.4 cm³/mol. The van der Waals surface area contributed by atoms with E-state index in [2.05, 4.69) is 0 Å². The maximum absolute atomic E-state index is 9.54. The van der Waals surface area contributed by atoms with Crippen molar-refractivity contribution >= 4 is 23.2 Å². The van der Waals surface area contributed by atoms with E-state index in [1.54, 1.807) is 13.0 Å². The first-order valence-corrected chi connectivity index (χ1v) is 5.63. The highest BCUT2D eigenvalue weighted by atomic mass is 35.5. The monoisotopic (exact) mass is 247 g/mol. The lowest BCUT2D eigenvalue weighted by atomic mass is 10.0. The maximum atomic E-state index is 9.54. The van der Waals surface area contributed by atoms with Gasteiger partial charge in [-0.3, -0.25) is 0 Å². The third kappa shape index (κ3) is 4.39.